The van der Waals surface area contributed by atoms with E-state index >= 15 is 0 Å². The largest absolute Gasteiger partial charge is 0.477 e. The number of rotatable bonds is 4. The smallest absolute Gasteiger partial charge is 0.370 e. The van der Waals surface area contributed by atoms with Crippen LogP contribution in [0.2, 0.25) is 0 Å². The molecular formula is C19H22N3O2+. The molecule has 1 N–H and O–H groups in total. The molecule has 0 fully saturated rings. The molecule has 2 aromatic heterocycles. The summed E-state index contributed by atoms with van der Waals surface area (Å²) in [5, 5.41) is 15.2. The summed E-state index contributed by atoms with van der Waals surface area (Å²) < 4.78 is 3.09. The summed E-state index contributed by atoms with van der Waals surface area (Å²) in [5.74, 6) is 0.00435. The van der Waals surface area contributed by atoms with Crippen molar-refractivity contribution in [3.05, 3.63) is 63.6 Å². The first-order chi connectivity index (χ1) is 11.5. The normalized spacial score (nSPS) is 11.1. The third kappa shape index (κ3) is 2.77. The molecule has 0 unspecified atom stereocenters. The number of fused-ring (bicyclic) bond motifs is 1. The summed E-state index contributed by atoms with van der Waals surface area (Å²) in [5.41, 5.74) is 3.37. The Kier molecular flexibility index (Phi) is 4.34. The van der Waals surface area contributed by atoms with Crippen LogP contribution in [0.15, 0.2) is 41.2 Å². The minimum absolute atomic E-state index is 0.00435. The van der Waals surface area contributed by atoms with Crippen molar-refractivity contribution in [3.8, 4) is 11.6 Å². The molecule has 124 valence electrons. The van der Waals surface area contributed by atoms with Crippen LogP contribution >= 0.6 is 0 Å². The maximum absolute atomic E-state index is 12.8. The molecule has 3 rings (SSSR count). The zero-order valence-electron chi connectivity index (χ0n) is 14.3. The fourth-order valence-corrected chi connectivity index (χ4v) is 2.89. The lowest BCUT2D eigenvalue weighted by molar-refractivity contribution is -0.581. The highest BCUT2D eigenvalue weighted by Gasteiger charge is 2.25. The van der Waals surface area contributed by atoms with Gasteiger partial charge in [-0.2, -0.15) is 4.57 Å². The van der Waals surface area contributed by atoms with Crippen LogP contribution in [0.4, 0.5) is 0 Å². The first-order valence-corrected chi connectivity index (χ1v) is 8.26. The van der Waals surface area contributed by atoms with Gasteiger partial charge in [0.2, 0.25) is 0 Å². The number of unbranched alkanes of at least 4 members (excludes halogenated alkanes) is 1. The number of benzene rings is 1. The number of hydrogen-bond acceptors (Lipinski definition) is 3. The molecule has 2 heterocycles. The van der Waals surface area contributed by atoms with Crippen LogP contribution in [0, 0.1) is 13.8 Å². The van der Waals surface area contributed by atoms with Gasteiger partial charge in [-0.05, 0) is 50.5 Å². The van der Waals surface area contributed by atoms with Gasteiger partial charge in [-0.15, -0.1) is 0 Å². The molecule has 0 radical (unpaired) electrons. The van der Waals surface area contributed by atoms with Crippen molar-refractivity contribution in [2.45, 2.75) is 40.0 Å². The zero-order chi connectivity index (χ0) is 17.3. The highest BCUT2D eigenvalue weighted by Crippen LogP contribution is 2.16. The predicted octanol–water partition coefficient (Wildman–Crippen LogP) is 2.64. The Labute approximate surface area is 140 Å². The molecule has 0 bridgehead atoms. The van der Waals surface area contributed by atoms with Gasteiger partial charge < -0.3 is 5.11 Å². The molecule has 0 saturated carbocycles. The number of aromatic nitrogens is 3. The Hall–Kier alpha value is -2.69. The zero-order valence-corrected chi connectivity index (χ0v) is 14.3. The van der Waals surface area contributed by atoms with Crippen molar-refractivity contribution >= 4 is 5.65 Å². The van der Waals surface area contributed by atoms with Crippen LogP contribution in [0.3, 0.4) is 0 Å². The molecule has 3 aromatic rings. The Bertz CT molecular complexity index is 961. The Morgan fingerprint density at radius 1 is 1.21 bits per heavy atom. The van der Waals surface area contributed by atoms with Gasteiger partial charge >= 0.3 is 11.2 Å². The lowest BCUT2D eigenvalue weighted by atomic mass is 10.1. The fraction of sp³-hybridized carbons (Fsp3) is 0.316. The molecule has 1 aromatic carbocycles. The minimum Gasteiger partial charge on any atom is -0.477 e. The SMILES string of the molecule is CCCCc1c(O)[n+](-c2cccc(C)c2)c2ccc(C)nn2c1=O. The molecule has 5 nitrogen and oxygen atoms in total. The van der Waals surface area contributed by atoms with Crippen molar-refractivity contribution in [2.75, 3.05) is 0 Å². The first kappa shape index (κ1) is 16.2. The van der Waals surface area contributed by atoms with Gasteiger partial charge in [0.1, 0.15) is 11.3 Å². The van der Waals surface area contributed by atoms with E-state index in [9.17, 15) is 9.90 Å². The van der Waals surface area contributed by atoms with Gasteiger partial charge in [-0.3, -0.25) is 0 Å². The Balaban J connectivity index is 2.40. The second kappa shape index (κ2) is 6.43. The van der Waals surface area contributed by atoms with Crippen LogP contribution in [0.5, 0.6) is 5.88 Å². The van der Waals surface area contributed by atoms with E-state index in [0.717, 1.165) is 29.8 Å². The van der Waals surface area contributed by atoms with Gasteiger partial charge in [0.05, 0.1) is 5.69 Å². The molecule has 0 spiro atoms. The van der Waals surface area contributed by atoms with E-state index in [4.69, 9.17) is 0 Å². The molecule has 0 atom stereocenters. The van der Waals surface area contributed by atoms with Crippen molar-refractivity contribution in [3.63, 3.8) is 0 Å². The standard InChI is InChI=1S/C19H21N3O2/c1-4-5-9-16-18(23)21(15-8-6-7-13(2)12-15)17-11-10-14(3)20-22(17)19(16)24/h6-8,10-12H,4-5,9H2,1-3H3/p+1. The van der Waals surface area contributed by atoms with Gasteiger partial charge in [0, 0.05) is 6.07 Å². The summed E-state index contributed by atoms with van der Waals surface area (Å²) in [6, 6.07) is 11.5. The third-order valence-electron chi connectivity index (χ3n) is 4.15. The number of nitrogens with zero attached hydrogens (tertiary/aromatic N) is 3. The minimum atomic E-state index is -0.247. The molecular weight excluding hydrogens is 302 g/mol. The highest BCUT2D eigenvalue weighted by molar-refractivity contribution is 5.40. The molecule has 0 aliphatic carbocycles. The quantitative estimate of drug-likeness (QED) is 0.751. The van der Waals surface area contributed by atoms with Crippen molar-refractivity contribution in [1.82, 2.24) is 9.61 Å². The van der Waals surface area contributed by atoms with Crippen LogP contribution < -0.4 is 10.1 Å². The van der Waals surface area contributed by atoms with Crippen LogP contribution in [-0.4, -0.2) is 14.7 Å². The third-order valence-corrected chi connectivity index (χ3v) is 4.15. The van der Waals surface area contributed by atoms with Crippen molar-refractivity contribution in [1.29, 1.82) is 0 Å². The summed E-state index contributed by atoms with van der Waals surface area (Å²) >= 11 is 0. The molecule has 5 heteroatoms. The highest BCUT2D eigenvalue weighted by atomic mass is 16.3. The number of aromatic hydroxyl groups is 1. The molecule has 0 aliphatic heterocycles. The lowest BCUT2D eigenvalue weighted by Crippen LogP contribution is -2.40. The van der Waals surface area contributed by atoms with Gasteiger partial charge in [-0.25, -0.2) is 4.79 Å². The predicted molar refractivity (Wildman–Crippen MR) is 92.7 cm³/mol. The van der Waals surface area contributed by atoms with Gasteiger partial charge in [-0.1, -0.05) is 35.1 Å². The van der Waals surface area contributed by atoms with E-state index < -0.39 is 0 Å². The van der Waals surface area contributed by atoms with E-state index in [-0.39, 0.29) is 11.4 Å². The van der Waals surface area contributed by atoms with Crippen molar-refractivity contribution in [2.24, 2.45) is 0 Å². The van der Waals surface area contributed by atoms with E-state index in [2.05, 4.69) is 12.0 Å². The summed E-state index contributed by atoms with van der Waals surface area (Å²) in [6.45, 7) is 5.91. The van der Waals surface area contributed by atoms with Gasteiger partial charge in [0.15, 0.2) is 0 Å². The van der Waals surface area contributed by atoms with Crippen LogP contribution in [0.1, 0.15) is 36.6 Å². The first-order valence-electron chi connectivity index (χ1n) is 8.26. The number of hydrogen-bond donors (Lipinski definition) is 1. The summed E-state index contributed by atoms with van der Waals surface area (Å²) in [7, 11) is 0. The molecule has 0 saturated heterocycles. The average Bonchev–Trinajstić information content (AvgIpc) is 2.56. The monoisotopic (exact) mass is 324 g/mol. The Morgan fingerprint density at radius 3 is 2.71 bits per heavy atom. The maximum Gasteiger partial charge on any atom is 0.370 e. The molecule has 0 aliphatic rings. The second-order valence-corrected chi connectivity index (χ2v) is 6.13. The van der Waals surface area contributed by atoms with Crippen LogP contribution in [0.25, 0.3) is 11.3 Å². The maximum atomic E-state index is 12.8. The van der Waals surface area contributed by atoms with E-state index in [1.807, 2.05) is 50.2 Å². The van der Waals surface area contributed by atoms with Gasteiger partial charge in [0.25, 0.3) is 5.88 Å². The molecule has 24 heavy (non-hydrogen) atoms. The van der Waals surface area contributed by atoms with Crippen molar-refractivity contribution < 1.29 is 9.67 Å². The average molecular weight is 324 g/mol. The fourth-order valence-electron chi connectivity index (χ4n) is 2.89. The molecule has 0 amide bonds. The number of aryl methyl sites for hydroxylation is 2. The Morgan fingerprint density at radius 2 is 2.00 bits per heavy atom. The van der Waals surface area contributed by atoms with Crippen LogP contribution in [-0.2, 0) is 6.42 Å². The lowest BCUT2D eigenvalue weighted by Gasteiger charge is -2.09. The summed E-state index contributed by atoms with van der Waals surface area (Å²) in [6.07, 6.45) is 2.33. The second-order valence-electron chi connectivity index (χ2n) is 6.13. The van der Waals surface area contributed by atoms with E-state index in [1.54, 1.807) is 4.57 Å². The topological polar surface area (TPSA) is 58.5 Å². The summed E-state index contributed by atoms with van der Waals surface area (Å²) in [4.78, 5) is 12.8. The van der Waals surface area contributed by atoms with E-state index in [1.165, 1.54) is 4.52 Å². The van der Waals surface area contributed by atoms with E-state index in [0.29, 0.717) is 17.6 Å².